The molecule has 5 nitrogen and oxygen atoms in total. The highest BCUT2D eigenvalue weighted by Crippen LogP contribution is 2.26. The summed E-state index contributed by atoms with van der Waals surface area (Å²) in [6.07, 6.45) is 3.19. The smallest absolute Gasteiger partial charge is 0.418 e. The fourth-order valence-corrected chi connectivity index (χ4v) is 3.64. The van der Waals surface area contributed by atoms with E-state index in [1.54, 1.807) is 12.7 Å². The number of aromatic nitrogens is 4. The van der Waals surface area contributed by atoms with E-state index in [4.69, 9.17) is 0 Å². The summed E-state index contributed by atoms with van der Waals surface area (Å²) in [6, 6.07) is 0. The molecule has 0 amide bonds. The maximum atomic E-state index is 11.6. The normalized spacial score (nSPS) is 11.8. The van der Waals surface area contributed by atoms with Gasteiger partial charge in [0.2, 0.25) is 5.69 Å². The third kappa shape index (κ3) is 4.99. The molecule has 0 bridgehead atoms. The highest BCUT2D eigenvalue weighted by Gasteiger charge is 2.29. The first kappa shape index (κ1) is 22.0. The van der Waals surface area contributed by atoms with Crippen molar-refractivity contribution in [1.82, 2.24) is 9.97 Å². The van der Waals surface area contributed by atoms with Gasteiger partial charge in [-0.1, -0.05) is 41.5 Å². The van der Waals surface area contributed by atoms with Gasteiger partial charge in [-0.3, -0.25) is 0 Å². The van der Waals surface area contributed by atoms with Crippen LogP contribution in [-0.2, 0) is 17.9 Å². The van der Waals surface area contributed by atoms with Crippen LogP contribution in [0.25, 0.3) is 0 Å². The molecule has 2 rings (SSSR count). The van der Waals surface area contributed by atoms with Crippen molar-refractivity contribution < 1.29 is 9.30 Å². The SMILES string of the molecule is Cc1c(C(C)(C)C)c(C)[n+]([O-])c[n+]1C.Cc1ncnc(C)c1C(C)(C)C. The Labute approximate surface area is 158 Å². The summed E-state index contributed by atoms with van der Waals surface area (Å²) in [4.78, 5) is 8.39. The van der Waals surface area contributed by atoms with Crippen molar-refractivity contribution in [3.05, 3.63) is 51.8 Å². The van der Waals surface area contributed by atoms with Gasteiger partial charge in [0.1, 0.15) is 13.4 Å². The molecule has 0 fully saturated rings. The fraction of sp³-hybridized carbons (Fsp3) is 0.619. The van der Waals surface area contributed by atoms with Crippen molar-refractivity contribution in [2.45, 2.75) is 80.1 Å². The minimum Gasteiger partial charge on any atom is -0.614 e. The molecular weight excluding hydrogens is 324 g/mol. The van der Waals surface area contributed by atoms with Crippen LogP contribution in [0.5, 0.6) is 0 Å². The van der Waals surface area contributed by atoms with Crippen LogP contribution in [-0.4, -0.2) is 9.97 Å². The molecule has 2 aromatic rings. The molecule has 0 N–H and O–H groups in total. The summed E-state index contributed by atoms with van der Waals surface area (Å²) in [5, 5.41) is 11.6. The van der Waals surface area contributed by atoms with E-state index in [2.05, 4.69) is 51.5 Å². The van der Waals surface area contributed by atoms with Crippen LogP contribution in [0.2, 0.25) is 0 Å². The van der Waals surface area contributed by atoms with Crippen molar-refractivity contribution in [1.29, 1.82) is 0 Å². The average Bonchev–Trinajstić information content (AvgIpc) is 2.43. The second-order valence-corrected chi connectivity index (χ2v) is 9.02. The third-order valence-electron chi connectivity index (χ3n) is 4.59. The lowest BCUT2D eigenvalue weighted by molar-refractivity contribution is -0.785. The van der Waals surface area contributed by atoms with Crippen LogP contribution >= 0.6 is 0 Å². The zero-order valence-electron chi connectivity index (χ0n) is 18.4. The van der Waals surface area contributed by atoms with Gasteiger partial charge in [-0.2, -0.15) is 0 Å². The average molecular weight is 360 g/mol. The van der Waals surface area contributed by atoms with Crippen LogP contribution < -0.4 is 9.30 Å². The molecule has 2 aromatic heterocycles. The minimum atomic E-state index is 0.0132. The first-order valence-electron chi connectivity index (χ1n) is 9.06. The Morgan fingerprint density at radius 2 is 1.19 bits per heavy atom. The van der Waals surface area contributed by atoms with Gasteiger partial charge < -0.3 is 5.21 Å². The van der Waals surface area contributed by atoms with Gasteiger partial charge in [-0.25, -0.2) is 9.97 Å². The molecule has 0 spiro atoms. The Balaban J connectivity index is 0.000000263. The summed E-state index contributed by atoms with van der Waals surface area (Å²) in [5.41, 5.74) is 6.71. The van der Waals surface area contributed by atoms with Gasteiger partial charge in [-0.15, -0.1) is 9.30 Å². The highest BCUT2D eigenvalue weighted by atomic mass is 16.5. The number of rotatable bonds is 0. The van der Waals surface area contributed by atoms with Crippen LogP contribution in [0.4, 0.5) is 0 Å². The Morgan fingerprint density at radius 3 is 1.54 bits per heavy atom. The molecule has 0 radical (unpaired) electrons. The quantitative estimate of drug-likeness (QED) is 0.535. The van der Waals surface area contributed by atoms with Crippen molar-refractivity contribution in [2.24, 2.45) is 7.05 Å². The second kappa shape index (κ2) is 7.68. The molecule has 0 unspecified atom stereocenters. The molecule has 5 heteroatoms. The van der Waals surface area contributed by atoms with E-state index < -0.39 is 0 Å². The highest BCUT2D eigenvalue weighted by molar-refractivity contribution is 5.29. The molecule has 0 aliphatic heterocycles. The predicted molar refractivity (Wildman–Crippen MR) is 105 cm³/mol. The van der Waals surface area contributed by atoms with Crippen molar-refractivity contribution >= 4 is 0 Å². The van der Waals surface area contributed by atoms with E-state index in [0.717, 1.165) is 33.1 Å². The predicted octanol–water partition coefficient (Wildman–Crippen LogP) is 3.45. The zero-order valence-corrected chi connectivity index (χ0v) is 18.4. The minimum absolute atomic E-state index is 0.0132. The Hall–Kier alpha value is -2.04. The molecule has 0 aromatic carbocycles. The first-order valence-corrected chi connectivity index (χ1v) is 9.06. The molecule has 0 aliphatic carbocycles. The second-order valence-electron chi connectivity index (χ2n) is 9.02. The van der Waals surface area contributed by atoms with Crippen LogP contribution in [0.15, 0.2) is 12.7 Å². The van der Waals surface area contributed by atoms with Gasteiger partial charge >= 0.3 is 6.33 Å². The van der Waals surface area contributed by atoms with Crippen LogP contribution in [0, 0.1) is 32.9 Å². The number of hydrogen-bond donors (Lipinski definition) is 0. The largest absolute Gasteiger partial charge is 0.614 e. The van der Waals surface area contributed by atoms with Crippen molar-refractivity contribution in [3.8, 4) is 0 Å². The van der Waals surface area contributed by atoms with E-state index in [0.29, 0.717) is 0 Å². The zero-order chi connectivity index (χ0) is 20.4. The Bertz CT molecular complexity index is 738. The Morgan fingerprint density at radius 1 is 0.769 bits per heavy atom. The van der Waals surface area contributed by atoms with Gasteiger partial charge in [0.05, 0.1) is 5.56 Å². The molecule has 0 saturated heterocycles. The lowest BCUT2D eigenvalue weighted by Crippen LogP contribution is -2.48. The van der Waals surface area contributed by atoms with E-state index >= 15 is 0 Å². The number of hydrogen-bond acceptors (Lipinski definition) is 3. The molecule has 144 valence electrons. The fourth-order valence-electron chi connectivity index (χ4n) is 3.64. The molecule has 26 heavy (non-hydrogen) atoms. The molecule has 2 heterocycles. The van der Waals surface area contributed by atoms with Crippen LogP contribution in [0.3, 0.4) is 0 Å². The summed E-state index contributed by atoms with van der Waals surface area (Å²) < 4.78 is 2.81. The number of aryl methyl sites for hydroxylation is 3. The van der Waals surface area contributed by atoms with Crippen LogP contribution in [0.1, 0.15) is 75.4 Å². The topological polar surface area (TPSA) is 56.6 Å². The summed E-state index contributed by atoms with van der Waals surface area (Å²) >= 11 is 0. The van der Waals surface area contributed by atoms with Gasteiger partial charge in [0.15, 0.2) is 5.69 Å². The first-order chi connectivity index (χ1) is 11.7. The maximum Gasteiger partial charge on any atom is 0.418 e. The number of nitrogens with zero attached hydrogens (tertiary/aromatic N) is 4. The summed E-state index contributed by atoms with van der Waals surface area (Å²) in [6.45, 7) is 20.9. The van der Waals surface area contributed by atoms with E-state index in [1.165, 1.54) is 5.56 Å². The molecule has 0 atom stereocenters. The van der Waals surface area contributed by atoms with Gasteiger partial charge in [0, 0.05) is 25.2 Å². The van der Waals surface area contributed by atoms with Gasteiger partial charge in [0.25, 0.3) is 0 Å². The van der Waals surface area contributed by atoms with Crippen molar-refractivity contribution in [2.75, 3.05) is 0 Å². The van der Waals surface area contributed by atoms with Gasteiger partial charge in [-0.05, 0) is 30.2 Å². The maximum absolute atomic E-state index is 11.6. The van der Waals surface area contributed by atoms with Crippen molar-refractivity contribution in [3.63, 3.8) is 0 Å². The monoisotopic (exact) mass is 359 g/mol. The molecule has 0 saturated carbocycles. The molecule has 0 aliphatic rings. The van der Waals surface area contributed by atoms with E-state index in [-0.39, 0.29) is 10.8 Å². The third-order valence-corrected chi connectivity index (χ3v) is 4.59. The lowest BCUT2D eigenvalue weighted by atomic mass is 9.85. The standard InChI is InChI=1S/C11H19N2O.C10H16N2/c1-8-10(11(3,4)5)9(2)13(14)7-12(8)6;1-7-9(10(3,4)5)8(2)12-6-11-7/h7H,1-6H3;6H,1-5H3/q+1;. The van der Waals surface area contributed by atoms with E-state index in [1.807, 2.05) is 39.3 Å². The molecular formula is C21H35N4O+. The summed E-state index contributed by atoms with van der Waals surface area (Å²) in [7, 11) is 1.90. The van der Waals surface area contributed by atoms with E-state index in [9.17, 15) is 5.21 Å². The Kier molecular flexibility index (Phi) is 6.50. The summed E-state index contributed by atoms with van der Waals surface area (Å²) in [5.74, 6) is 0. The lowest BCUT2D eigenvalue weighted by Gasteiger charge is -2.22.